The highest BCUT2D eigenvalue weighted by Gasteiger charge is 2.45. The van der Waals surface area contributed by atoms with Gasteiger partial charge >= 0.3 is 6.18 Å². The number of hydrogen-bond donors (Lipinski definition) is 2. The number of carbonyl (C=O) groups excluding carboxylic acids is 1. The Morgan fingerprint density at radius 3 is 2.81 bits per heavy atom. The Morgan fingerprint density at radius 1 is 1.26 bits per heavy atom. The van der Waals surface area contributed by atoms with E-state index in [0.29, 0.717) is 28.6 Å². The Kier molecular flexibility index (Phi) is 6.01. The molecule has 2 aliphatic rings. The summed E-state index contributed by atoms with van der Waals surface area (Å²) in [6.45, 7) is 0.804. The molecule has 0 spiro atoms. The number of piperidine rings is 2. The number of hydrogen-bond acceptors (Lipinski definition) is 5. The molecule has 0 radical (unpaired) electrons. The van der Waals surface area contributed by atoms with Crippen LogP contribution in [0.25, 0.3) is 10.9 Å². The van der Waals surface area contributed by atoms with Gasteiger partial charge in [-0.25, -0.2) is 0 Å². The van der Waals surface area contributed by atoms with Gasteiger partial charge in [-0.1, -0.05) is 6.42 Å². The Hall–Kier alpha value is -2.86. The number of nitrogens with zero attached hydrogens (tertiary/aromatic N) is 3. The summed E-state index contributed by atoms with van der Waals surface area (Å²) in [5.41, 5.74) is 1.42. The third-order valence-electron chi connectivity index (χ3n) is 6.09. The molecule has 2 aromatic rings. The molecule has 1 unspecified atom stereocenters. The molecule has 2 saturated heterocycles. The third-order valence-corrected chi connectivity index (χ3v) is 6.09. The normalized spacial score (nSPS) is 24.6. The largest absolute Gasteiger partial charge is 0.393 e. The van der Waals surface area contributed by atoms with Gasteiger partial charge in [0.2, 0.25) is 5.91 Å². The van der Waals surface area contributed by atoms with Crippen LogP contribution in [0.1, 0.15) is 31.2 Å². The van der Waals surface area contributed by atoms with Crippen molar-refractivity contribution in [2.45, 2.75) is 43.9 Å². The van der Waals surface area contributed by atoms with Crippen molar-refractivity contribution in [2.75, 3.05) is 24.5 Å². The molecule has 3 atom stereocenters. The van der Waals surface area contributed by atoms with Gasteiger partial charge in [0.25, 0.3) is 0 Å². The lowest BCUT2D eigenvalue weighted by Gasteiger charge is -2.41. The smallest absolute Gasteiger partial charge is 0.368 e. The number of carbonyl (C=O) groups is 1. The molecule has 1 amide bonds. The number of nitrogens with one attached hydrogen (secondary N) is 2. The van der Waals surface area contributed by atoms with Crippen LogP contribution in [0, 0.1) is 17.2 Å². The zero-order valence-electron chi connectivity index (χ0n) is 17.0. The van der Waals surface area contributed by atoms with Gasteiger partial charge < -0.3 is 15.5 Å². The molecule has 2 fully saturated rings. The van der Waals surface area contributed by atoms with Crippen LogP contribution in [0.4, 0.5) is 18.9 Å². The third kappa shape index (κ3) is 4.59. The van der Waals surface area contributed by atoms with Crippen molar-refractivity contribution in [3.63, 3.8) is 0 Å². The molecule has 4 rings (SSSR count). The molecule has 9 heteroatoms. The minimum Gasteiger partial charge on any atom is -0.368 e. The second kappa shape index (κ2) is 8.71. The van der Waals surface area contributed by atoms with E-state index in [1.807, 2.05) is 0 Å². The van der Waals surface area contributed by atoms with Crippen LogP contribution in [-0.2, 0) is 4.79 Å². The Balaban J connectivity index is 1.62. The SMILES string of the molecule is N#Cc1ccc(N2C[C@H](NC(=O)C3CCCCN3)C[C@H](C(F)(F)F)C2)c2cccnc12. The molecule has 2 aliphatic heterocycles. The second-order valence-electron chi connectivity index (χ2n) is 8.23. The zero-order valence-corrected chi connectivity index (χ0v) is 17.0. The van der Waals surface area contributed by atoms with Gasteiger partial charge in [-0.2, -0.15) is 18.4 Å². The van der Waals surface area contributed by atoms with Crippen molar-refractivity contribution < 1.29 is 18.0 Å². The van der Waals surface area contributed by atoms with Crippen LogP contribution in [0.2, 0.25) is 0 Å². The number of rotatable bonds is 3. The molecular formula is C22H24F3N5O. The van der Waals surface area contributed by atoms with E-state index in [4.69, 9.17) is 0 Å². The fourth-order valence-electron chi connectivity index (χ4n) is 4.54. The van der Waals surface area contributed by atoms with Crippen molar-refractivity contribution in [1.82, 2.24) is 15.6 Å². The molecule has 164 valence electrons. The summed E-state index contributed by atoms with van der Waals surface area (Å²) in [4.78, 5) is 18.6. The molecule has 1 aromatic heterocycles. The molecular weight excluding hydrogens is 407 g/mol. The first-order valence-electron chi connectivity index (χ1n) is 10.5. The van der Waals surface area contributed by atoms with Crippen molar-refractivity contribution in [1.29, 1.82) is 5.26 Å². The number of halogens is 3. The predicted molar refractivity (Wildman–Crippen MR) is 110 cm³/mol. The summed E-state index contributed by atoms with van der Waals surface area (Å²) in [7, 11) is 0. The Bertz CT molecular complexity index is 997. The number of nitriles is 1. The number of aromatic nitrogens is 1. The maximum atomic E-state index is 13.7. The van der Waals surface area contributed by atoms with Gasteiger partial charge in [0.1, 0.15) is 6.07 Å². The number of benzene rings is 1. The number of anilines is 1. The first-order valence-corrected chi connectivity index (χ1v) is 10.5. The molecule has 0 bridgehead atoms. The topological polar surface area (TPSA) is 81.0 Å². The summed E-state index contributed by atoms with van der Waals surface area (Å²) >= 11 is 0. The van der Waals surface area contributed by atoms with E-state index in [0.717, 1.165) is 19.4 Å². The number of fused-ring (bicyclic) bond motifs is 1. The van der Waals surface area contributed by atoms with Gasteiger partial charge in [0, 0.05) is 36.4 Å². The Morgan fingerprint density at radius 2 is 2.10 bits per heavy atom. The van der Waals surface area contributed by atoms with Crippen molar-refractivity contribution >= 4 is 22.5 Å². The lowest BCUT2D eigenvalue weighted by molar-refractivity contribution is -0.178. The van der Waals surface area contributed by atoms with Gasteiger partial charge in [-0.15, -0.1) is 0 Å². The van der Waals surface area contributed by atoms with Crippen LogP contribution in [0.5, 0.6) is 0 Å². The van der Waals surface area contributed by atoms with E-state index in [-0.39, 0.29) is 31.5 Å². The van der Waals surface area contributed by atoms with Crippen molar-refractivity contribution in [2.24, 2.45) is 5.92 Å². The number of pyridine rings is 1. The molecule has 3 heterocycles. The average Bonchev–Trinajstić information content (AvgIpc) is 2.78. The van der Waals surface area contributed by atoms with Gasteiger partial charge in [-0.05, 0) is 50.1 Å². The van der Waals surface area contributed by atoms with E-state index in [9.17, 15) is 23.2 Å². The molecule has 2 N–H and O–H groups in total. The van der Waals surface area contributed by atoms with Crippen LogP contribution in [-0.4, -0.2) is 48.8 Å². The number of alkyl halides is 3. The predicted octanol–water partition coefficient (Wildman–Crippen LogP) is 3.12. The van der Waals surface area contributed by atoms with Gasteiger partial charge in [0.05, 0.1) is 23.0 Å². The number of amides is 1. The average molecular weight is 431 g/mol. The van der Waals surface area contributed by atoms with Crippen molar-refractivity contribution in [3.05, 3.63) is 36.0 Å². The van der Waals surface area contributed by atoms with E-state index in [1.165, 1.54) is 0 Å². The summed E-state index contributed by atoms with van der Waals surface area (Å²) in [5.74, 6) is -1.80. The minimum absolute atomic E-state index is 0.148. The Labute approximate surface area is 178 Å². The first-order chi connectivity index (χ1) is 14.9. The quantitative estimate of drug-likeness (QED) is 0.781. The standard InChI is InChI=1S/C22H24F3N5O/c23-22(24,25)15-10-16(29-21(31)18-5-1-2-8-27-18)13-30(12-15)19-7-6-14(11-26)20-17(19)4-3-9-28-20/h3-4,6-7,9,15-16,18,27H,1-2,5,8,10,12-13H2,(H,29,31)/t15-,16+,18?/m0/s1. The summed E-state index contributed by atoms with van der Waals surface area (Å²) < 4.78 is 41.2. The fraction of sp³-hybridized carbons (Fsp3) is 0.500. The maximum absolute atomic E-state index is 13.7. The van der Waals surface area contributed by atoms with Crippen molar-refractivity contribution in [3.8, 4) is 6.07 Å². The molecule has 1 aromatic carbocycles. The lowest BCUT2D eigenvalue weighted by Crippen LogP contribution is -2.57. The highest BCUT2D eigenvalue weighted by atomic mass is 19.4. The maximum Gasteiger partial charge on any atom is 0.393 e. The second-order valence-corrected chi connectivity index (χ2v) is 8.23. The van der Waals surface area contributed by atoms with Crippen LogP contribution in [0.3, 0.4) is 0 Å². The molecule has 31 heavy (non-hydrogen) atoms. The fourth-order valence-corrected chi connectivity index (χ4v) is 4.54. The van der Waals surface area contributed by atoms with E-state index < -0.39 is 18.1 Å². The highest BCUT2D eigenvalue weighted by molar-refractivity contribution is 5.95. The summed E-state index contributed by atoms with van der Waals surface area (Å²) in [6.07, 6.45) is -0.344. The first kappa shape index (κ1) is 21.4. The van der Waals surface area contributed by atoms with E-state index in [1.54, 1.807) is 35.4 Å². The van der Waals surface area contributed by atoms with Gasteiger partial charge in [0.15, 0.2) is 0 Å². The van der Waals surface area contributed by atoms with Gasteiger partial charge in [-0.3, -0.25) is 9.78 Å². The lowest BCUT2D eigenvalue weighted by atomic mass is 9.92. The molecule has 0 aliphatic carbocycles. The minimum atomic E-state index is -4.37. The zero-order chi connectivity index (χ0) is 22.0. The summed E-state index contributed by atoms with van der Waals surface area (Å²) in [5, 5.41) is 16.0. The van der Waals surface area contributed by atoms with Crippen LogP contribution >= 0.6 is 0 Å². The monoisotopic (exact) mass is 431 g/mol. The van der Waals surface area contributed by atoms with E-state index >= 15 is 0 Å². The molecule has 6 nitrogen and oxygen atoms in total. The molecule has 0 saturated carbocycles. The van der Waals surface area contributed by atoms with E-state index in [2.05, 4.69) is 21.7 Å². The highest BCUT2D eigenvalue weighted by Crippen LogP contribution is 2.37. The van der Waals surface area contributed by atoms with Crippen LogP contribution < -0.4 is 15.5 Å². The summed E-state index contributed by atoms with van der Waals surface area (Å²) in [6, 6.07) is 7.81. The van der Waals surface area contributed by atoms with Crippen LogP contribution in [0.15, 0.2) is 30.5 Å².